The molecule has 0 bridgehead atoms. The van der Waals surface area contributed by atoms with Crippen molar-refractivity contribution in [3.8, 4) is 5.75 Å². The minimum Gasteiger partial charge on any atom is -0.486 e. The predicted molar refractivity (Wildman–Crippen MR) is 99.0 cm³/mol. The molecule has 4 heteroatoms. The Morgan fingerprint density at radius 3 is 2.88 bits per heavy atom. The Balaban J connectivity index is 1.65. The van der Waals surface area contributed by atoms with Crippen LogP contribution in [0.4, 0.5) is 0 Å². The molecular formula is C21H22N2O2. The summed E-state index contributed by atoms with van der Waals surface area (Å²) in [6, 6.07) is 16.1. The molecule has 1 N–H and O–H groups in total. The van der Waals surface area contributed by atoms with Crippen LogP contribution in [0.5, 0.6) is 5.75 Å². The summed E-state index contributed by atoms with van der Waals surface area (Å²) < 4.78 is 8.15. The van der Waals surface area contributed by atoms with Crippen molar-refractivity contribution < 1.29 is 9.53 Å². The van der Waals surface area contributed by atoms with Crippen molar-refractivity contribution in [2.45, 2.75) is 39.5 Å². The van der Waals surface area contributed by atoms with Crippen LogP contribution in [0.2, 0.25) is 0 Å². The van der Waals surface area contributed by atoms with Crippen LogP contribution in [-0.2, 0) is 13.1 Å². The summed E-state index contributed by atoms with van der Waals surface area (Å²) in [6.45, 7) is 5.42. The van der Waals surface area contributed by atoms with E-state index in [2.05, 4.69) is 29.8 Å². The molecular weight excluding hydrogens is 312 g/mol. The van der Waals surface area contributed by atoms with E-state index in [0.29, 0.717) is 18.8 Å². The van der Waals surface area contributed by atoms with E-state index in [9.17, 15) is 4.79 Å². The molecule has 1 aliphatic rings. The van der Waals surface area contributed by atoms with E-state index in [1.165, 1.54) is 5.56 Å². The third kappa shape index (κ3) is 2.78. The quantitative estimate of drug-likeness (QED) is 0.782. The maximum atomic E-state index is 12.8. The van der Waals surface area contributed by atoms with E-state index < -0.39 is 0 Å². The van der Waals surface area contributed by atoms with Crippen molar-refractivity contribution in [3.05, 3.63) is 65.4 Å². The normalized spacial score (nSPS) is 15.8. The fourth-order valence-corrected chi connectivity index (χ4v) is 3.47. The lowest BCUT2D eigenvalue weighted by Gasteiger charge is -2.26. The smallest absolute Gasteiger partial charge is 0.268 e. The minimum absolute atomic E-state index is 0.0397. The van der Waals surface area contributed by atoms with Gasteiger partial charge in [-0.05, 0) is 36.6 Å². The van der Waals surface area contributed by atoms with E-state index in [1.54, 1.807) is 0 Å². The van der Waals surface area contributed by atoms with E-state index in [0.717, 1.165) is 28.6 Å². The first-order valence-corrected chi connectivity index (χ1v) is 8.79. The van der Waals surface area contributed by atoms with Gasteiger partial charge in [0.05, 0.1) is 12.1 Å². The standard InChI is InChI=1S/C21H22N2O2/c1-3-17-13-23-18(11-15-9-6-10-19(25-17)20(15)23)21(24)22-12-16-8-5-4-7-14(16)2/h4-11,17H,3,12-13H2,1-2H3,(H,22,24)/t17-/m1/s1. The van der Waals surface area contributed by atoms with Crippen molar-refractivity contribution in [3.63, 3.8) is 0 Å². The maximum Gasteiger partial charge on any atom is 0.268 e. The van der Waals surface area contributed by atoms with Gasteiger partial charge in [0.1, 0.15) is 17.5 Å². The summed E-state index contributed by atoms with van der Waals surface area (Å²) >= 11 is 0. The summed E-state index contributed by atoms with van der Waals surface area (Å²) in [5.41, 5.74) is 4.05. The molecule has 128 valence electrons. The average molecular weight is 334 g/mol. The summed E-state index contributed by atoms with van der Waals surface area (Å²) in [7, 11) is 0. The molecule has 0 saturated heterocycles. The van der Waals surface area contributed by atoms with E-state index in [4.69, 9.17) is 4.74 Å². The van der Waals surface area contributed by atoms with Gasteiger partial charge in [-0.1, -0.05) is 43.3 Å². The Labute approximate surface area is 147 Å². The van der Waals surface area contributed by atoms with E-state index in [1.807, 2.05) is 42.5 Å². The molecule has 0 aliphatic carbocycles. The maximum absolute atomic E-state index is 12.8. The summed E-state index contributed by atoms with van der Waals surface area (Å²) in [5.74, 6) is 0.829. The number of carbonyl (C=O) groups is 1. The fraction of sp³-hybridized carbons (Fsp3) is 0.286. The first kappa shape index (κ1) is 15.8. The van der Waals surface area contributed by atoms with Crippen molar-refractivity contribution in [1.29, 1.82) is 0 Å². The number of carbonyl (C=O) groups excluding carboxylic acids is 1. The molecule has 1 aliphatic heterocycles. The summed E-state index contributed by atoms with van der Waals surface area (Å²) in [6.07, 6.45) is 1.02. The Bertz CT molecular complexity index is 942. The fourth-order valence-electron chi connectivity index (χ4n) is 3.47. The molecule has 1 amide bonds. The van der Waals surface area contributed by atoms with Crippen molar-refractivity contribution >= 4 is 16.8 Å². The lowest BCUT2D eigenvalue weighted by molar-refractivity contribution is 0.0935. The van der Waals surface area contributed by atoms with E-state index in [-0.39, 0.29) is 12.0 Å². The molecule has 1 aromatic heterocycles. The number of para-hydroxylation sites is 1. The Kier molecular flexibility index (Phi) is 3.96. The van der Waals surface area contributed by atoms with Gasteiger partial charge in [-0.2, -0.15) is 0 Å². The number of ether oxygens (including phenoxy) is 1. The lowest BCUT2D eigenvalue weighted by Crippen LogP contribution is -2.31. The van der Waals surface area contributed by atoms with Crippen LogP contribution in [0.15, 0.2) is 48.5 Å². The number of hydrogen-bond acceptors (Lipinski definition) is 2. The first-order valence-electron chi connectivity index (χ1n) is 8.79. The topological polar surface area (TPSA) is 43.3 Å². The molecule has 0 radical (unpaired) electrons. The van der Waals surface area contributed by atoms with Crippen molar-refractivity contribution in [2.75, 3.05) is 0 Å². The predicted octanol–water partition coefficient (Wildman–Crippen LogP) is 4.05. The Hall–Kier alpha value is -2.75. The number of benzene rings is 2. The number of nitrogens with zero attached hydrogens (tertiary/aromatic N) is 1. The van der Waals surface area contributed by atoms with Crippen molar-refractivity contribution in [1.82, 2.24) is 9.88 Å². The second-order valence-corrected chi connectivity index (χ2v) is 6.59. The molecule has 2 heterocycles. The summed E-state index contributed by atoms with van der Waals surface area (Å²) in [5, 5.41) is 4.12. The summed E-state index contributed by atoms with van der Waals surface area (Å²) in [4.78, 5) is 12.8. The van der Waals surface area contributed by atoms with Crippen LogP contribution in [0.1, 0.15) is 35.0 Å². The highest BCUT2D eigenvalue weighted by atomic mass is 16.5. The third-order valence-electron chi connectivity index (χ3n) is 4.95. The van der Waals surface area contributed by atoms with Gasteiger partial charge in [0.25, 0.3) is 5.91 Å². The van der Waals surface area contributed by atoms with Gasteiger partial charge in [0.2, 0.25) is 0 Å². The Morgan fingerprint density at radius 1 is 1.24 bits per heavy atom. The largest absolute Gasteiger partial charge is 0.486 e. The number of amides is 1. The molecule has 0 saturated carbocycles. The molecule has 0 fully saturated rings. The SMILES string of the molecule is CC[C@@H]1Cn2c(C(=O)NCc3ccccc3C)cc3cccc(c32)O1. The number of hydrogen-bond donors (Lipinski definition) is 1. The van der Waals surface area contributed by atoms with Crippen LogP contribution < -0.4 is 10.1 Å². The number of aromatic nitrogens is 1. The van der Waals surface area contributed by atoms with Crippen LogP contribution >= 0.6 is 0 Å². The highest BCUT2D eigenvalue weighted by molar-refractivity contribution is 6.00. The second-order valence-electron chi connectivity index (χ2n) is 6.59. The average Bonchev–Trinajstić information content (AvgIpc) is 3.01. The van der Waals surface area contributed by atoms with Gasteiger partial charge in [0.15, 0.2) is 0 Å². The van der Waals surface area contributed by atoms with Gasteiger partial charge < -0.3 is 14.6 Å². The van der Waals surface area contributed by atoms with Crippen LogP contribution in [0.25, 0.3) is 10.9 Å². The molecule has 0 spiro atoms. The zero-order chi connectivity index (χ0) is 17.4. The molecule has 2 aromatic carbocycles. The molecule has 0 unspecified atom stereocenters. The second kappa shape index (κ2) is 6.28. The third-order valence-corrected chi connectivity index (χ3v) is 4.95. The zero-order valence-corrected chi connectivity index (χ0v) is 14.6. The highest BCUT2D eigenvalue weighted by Crippen LogP contribution is 2.34. The van der Waals surface area contributed by atoms with Gasteiger partial charge >= 0.3 is 0 Å². The first-order chi connectivity index (χ1) is 12.2. The van der Waals surface area contributed by atoms with Gasteiger partial charge in [0, 0.05) is 11.9 Å². The highest BCUT2D eigenvalue weighted by Gasteiger charge is 2.25. The number of aryl methyl sites for hydroxylation is 1. The Morgan fingerprint density at radius 2 is 2.08 bits per heavy atom. The lowest BCUT2D eigenvalue weighted by atomic mass is 10.1. The molecule has 1 atom stereocenters. The van der Waals surface area contributed by atoms with Gasteiger partial charge in [-0.3, -0.25) is 4.79 Å². The molecule has 4 rings (SSSR count). The van der Waals surface area contributed by atoms with Crippen LogP contribution in [0.3, 0.4) is 0 Å². The zero-order valence-electron chi connectivity index (χ0n) is 14.6. The monoisotopic (exact) mass is 334 g/mol. The number of rotatable bonds is 4. The molecule has 3 aromatic rings. The van der Waals surface area contributed by atoms with Crippen molar-refractivity contribution in [2.24, 2.45) is 0 Å². The van der Waals surface area contributed by atoms with Gasteiger partial charge in [-0.15, -0.1) is 0 Å². The number of nitrogens with one attached hydrogen (secondary N) is 1. The van der Waals surface area contributed by atoms with Crippen LogP contribution in [-0.4, -0.2) is 16.6 Å². The van der Waals surface area contributed by atoms with E-state index >= 15 is 0 Å². The molecule has 4 nitrogen and oxygen atoms in total. The van der Waals surface area contributed by atoms with Gasteiger partial charge in [-0.25, -0.2) is 0 Å². The minimum atomic E-state index is -0.0397. The van der Waals surface area contributed by atoms with Crippen LogP contribution in [0, 0.1) is 6.92 Å². The molecule has 25 heavy (non-hydrogen) atoms.